The van der Waals surface area contributed by atoms with Crippen LogP contribution in [0.25, 0.3) is 10.8 Å². The monoisotopic (exact) mass is 285 g/mol. The summed E-state index contributed by atoms with van der Waals surface area (Å²) >= 11 is 0. The summed E-state index contributed by atoms with van der Waals surface area (Å²) < 4.78 is 0. The van der Waals surface area contributed by atoms with Gasteiger partial charge >= 0.3 is 0 Å². The van der Waals surface area contributed by atoms with Crippen molar-refractivity contribution in [1.29, 1.82) is 0 Å². The number of anilines is 2. The number of fused-ring (bicyclic) bond motifs is 1. The maximum Gasteiger partial charge on any atom is 0.0632 e. The third kappa shape index (κ3) is 3.29. The van der Waals surface area contributed by atoms with E-state index >= 15 is 0 Å². The van der Waals surface area contributed by atoms with Crippen molar-refractivity contribution in [2.45, 2.75) is 46.6 Å². The molecule has 0 atom stereocenters. The van der Waals surface area contributed by atoms with Crippen LogP contribution in [0.2, 0.25) is 0 Å². The first kappa shape index (κ1) is 15.6. The second-order valence-electron chi connectivity index (χ2n) is 6.11. The SMILES string of the molecule is CCC(CC)N(CC(C)C)c1ccc2cnccc2c1N. The first-order valence-electron chi connectivity index (χ1n) is 7.97. The maximum absolute atomic E-state index is 6.47. The third-order valence-electron chi connectivity index (χ3n) is 4.09. The highest BCUT2D eigenvalue weighted by Crippen LogP contribution is 2.33. The van der Waals surface area contributed by atoms with E-state index < -0.39 is 0 Å². The zero-order chi connectivity index (χ0) is 15.4. The molecule has 0 aliphatic heterocycles. The molecule has 3 nitrogen and oxygen atoms in total. The second-order valence-corrected chi connectivity index (χ2v) is 6.11. The summed E-state index contributed by atoms with van der Waals surface area (Å²) in [5.74, 6) is 0.609. The van der Waals surface area contributed by atoms with Gasteiger partial charge in [-0.3, -0.25) is 4.98 Å². The molecule has 2 N–H and O–H groups in total. The largest absolute Gasteiger partial charge is 0.397 e. The zero-order valence-electron chi connectivity index (χ0n) is 13.6. The molecular formula is C18H27N3. The van der Waals surface area contributed by atoms with Gasteiger partial charge in [-0.15, -0.1) is 0 Å². The van der Waals surface area contributed by atoms with Gasteiger partial charge in [0.1, 0.15) is 0 Å². The lowest BCUT2D eigenvalue weighted by Gasteiger charge is -2.35. The number of nitrogens with zero attached hydrogens (tertiary/aromatic N) is 2. The molecule has 1 aromatic carbocycles. The van der Waals surface area contributed by atoms with Crippen molar-refractivity contribution in [2.24, 2.45) is 5.92 Å². The third-order valence-corrected chi connectivity index (χ3v) is 4.09. The molecule has 21 heavy (non-hydrogen) atoms. The molecule has 2 rings (SSSR count). The van der Waals surface area contributed by atoms with Crippen LogP contribution in [0.1, 0.15) is 40.5 Å². The fourth-order valence-electron chi connectivity index (χ4n) is 3.00. The molecule has 114 valence electrons. The molecule has 1 heterocycles. The highest BCUT2D eigenvalue weighted by atomic mass is 15.2. The Labute approximate surface area is 128 Å². The Morgan fingerprint density at radius 1 is 1.14 bits per heavy atom. The molecule has 3 heteroatoms. The molecule has 2 aromatic rings. The van der Waals surface area contributed by atoms with Gasteiger partial charge in [0.2, 0.25) is 0 Å². The van der Waals surface area contributed by atoms with E-state index in [-0.39, 0.29) is 0 Å². The predicted molar refractivity (Wildman–Crippen MR) is 92.7 cm³/mol. The van der Waals surface area contributed by atoms with E-state index in [9.17, 15) is 0 Å². The van der Waals surface area contributed by atoms with E-state index in [1.807, 2.05) is 18.5 Å². The van der Waals surface area contributed by atoms with Crippen molar-refractivity contribution in [1.82, 2.24) is 4.98 Å². The normalized spacial score (nSPS) is 11.5. The molecule has 0 amide bonds. The summed E-state index contributed by atoms with van der Waals surface area (Å²) in [6.07, 6.45) is 5.96. The van der Waals surface area contributed by atoms with Gasteiger partial charge in [-0.1, -0.05) is 33.8 Å². The molecule has 0 saturated heterocycles. The van der Waals surface area contributed by atoms with E-state index in [1.54, 1.807) is 0 Å². The quantitative estimate of drug-likeness (QED) is 0.796. The van der Waals surface area contributed by atoms with E-state index in [1.165, 1.54) is 0 Å². The van der Waals surface area contributed by atoms with Crippen LogP contribution < -0.4 is 10.6 Å². The Morgan fingerprint density at radius 3 is 2.48 bits per heavy atom. The number of hydrogen-bond acceptors (Lipinski definition) is 3. The fourth-order valence-corrected chi connectivity index (χ4v) is 3.00. The van der Waals surface area contributed by atoms with Crippen LogP contribution in [0.15, 0.2) is 30.6 Å². The number of hydrogen-bond donors (Lipinski definition) is 1. The van der Waals surface area contributed by atoms with Crippen molar-refractivity contribution >= 4 is 22.1 Å². The van der Waals surface area contributed by atoms with E-state index in [0.29, 0.717) is 12.0 Å². The van der Waals surface area contributed by atoms with Gasteiger partial charge < -0.3 is 10.6 Å². The Balaban J connectivity index is 2.51. The Kier molecular flexibility index (Phi) is 5.05. The highest BCUT2D eigenvalue weighted by Gasteiger charge is 2.19. The minimum atomic E-state index is 0.536. The smallest absolute Gasteiger partial charge is 0.0632 e. The molecule has 0 bridgehead atoms. The highest BCUT2D eigenvalue weighted by molar-refractivity contribution is 5.98. The van der Waals surface area contributed by atoms with Crippen molar-refractivity contribution < 1.29 is 0 Å². The summed E-state index contributed by atoms with van der Waals surface area (Å²) in [7, 11) is 0. The van der Waals surface area contributed by atoms with Crippen LogP contribution >= 0.6 is 0 Å². The van der Waals surface area contributed by atoms with Crippen LogP contribution in [-0.2, 0) is 0 Å². The average Bonchev–Trinajstić information content (AvgIpc) is 2.48. The molecule has 0 aliphatic rings. The minimum absolute atomic E-state index is 0.536. The van der Waals surface area contributed by atoms with Crippen molar-refractivity contribution in [3.05, 3.63) is 30.6 Å². The molecule has 0 unspecified atom stereocenters. The Morgan fingerprint density at radius 2 is 1.86 bits per heavy atom. The molecule has 0 saturated carbocycles. The second kappa shape index (κ2) is 6.79. The molecule has 0 spiro atoms. The van der Waals surface area contributed by atoms with Gasteiger partial charge in [0.25, 0.3) is 0 Å². The number of nitrogen functional groups attached to an aromatic ring is 1. The summed E-state index contributed by atoms with van der Waals surface area (Å²) in [6, 6.07) is 6.83. The van der Waals surface area contributed by atoms with E-state index in [0.717, 1.165) is 41.5 Å². The van der Waals surface area contributed by atoms with Gasteiger partial charge in [0.05, 0.1) is 11.4 Å². The van der Waals surface area contributed by atoms with Gasteiger partial charge in [0, 0.05) is 35.8 Å². The number of pyridine rings is 1. The van der Waals surface area contributed by atoms with Crippen molar-refractivity contribution in [3.63, 3.8) is 0 Å². The molecule has 1 aromatic heterocycles. The molecular weight excluding hydrogens is 258 g/mol. The topological polar surface area (TPSA) is 42.2 Å². The van der Waals surface area contributed by atoms with Crippen molar-refractivity contribution in [3.8, 4) is 0 Å². The van der Waals surface area contributed by atoms with Crippen molar-refractivity contribution in [2.75, 3.05) is 17.2 Å². The minimum Gasteiger partial charge on any atom is -0.397 e. The van der Waals surface area contributed by atoms with Crippen LogP contribution in [0.4, 0.5) is 11.4 Å². The lowest BCUT2D eigenvalue weighted by atomic mass is 10.0. The van der Waals surface area contributed by atoms with Crippen LogP contribution in [0, 0.1) is 5.92 Å². The Bertz CT molecular complexity index is 588. The molecule has 0 aliphatic carbocycles. The molecule has 0 fully saturated rings. The number of benzene rings is 1. The first-order valence-corrected chi connectivity index (χ1v) is 7.97. The maximum atomic E-state index is 6.47. The summed E-state index contributed by atoms with van der Waals surface area (Å²) in [5.41, 5.74) is 8.51. The lowest BCUT2D eigenvalue weighted by molar-refractivity contribution is 0.508. The number of rotatable bonds is 6. The summed E-state index contributed by atoms with van der Waals surface area (Å²) in [4.78, 5) is 6.66. The van der Waals surface area contributed by atoms with Gasteiger partial charge in [-0.05, 0) is 30.9 Å². The van der Waals surface area contributed by atoms with Gasteiger partial charge in [-0.2, -0.15) is 0 Å². The van der Waals surface area contributed by atoms with Crippen LogP contribution in [0.3, 0.4) is 0 Å². The molecule has 0 radical (unpaired) electrons. The fraction of sp³-hybridized carbons (Fsp3) is 0.500. The van der Waals surface area contributed by atoms with Crippen LogP contribution in [0.5, 0.6) is 0 Å². The Hall–Kier alpha value is -1.77. The van der Waals surface area contributed by atoms with Gasteiger partial charge in [-0.25, -0.2) is 0 Å². The lowest BCUT2D eigenvalue weighted by Crippen LogP contribution is -2.37. The summed E-state index contributed by atoms with van der Waals surface area (Å²) in [6.45, 7) is 10.1. The number of nitrogens with two attached hydrogens (primary N) is 1. The van der Waals surface area contributed by atoms with Crippen LogP contribution in [-0.4, -0.2) is 17.6 Å². The van der Waals surface area contributed by atoms with E-state index in [2.05, 4.69) is 49.7 Å². The number of aromatic nitrogens is 1. The average molecular weight is 285 g/mol. The van der Waals surface area contributed by atoms with E-state index in [4.69, 9.17) is 5.73 Å². The zero-order valence-corrected chi connectivity index (χ0v) is 13.6. The van der Waals surface area contributed by atoms with Gasteiger partial charge in [0.15, 0.2) is 0 Å². The predicted octanol–water partition coefficient (Wildman–Crippen LogP) is 4.47. The summed E-state index contributed by atoms with van der Waals surface area (Å²) in [5, 5.41) is 2.20. The standard InChI is InChI=1S/C18H27N3/c1-5-15(6-2)21(12-13(3)4)17-8-7-14-11-20-10-9-16(14)18(17)19/h7-11,13,15H,5-6,12,19H2,1-4H3. The first-order chi connectivity index (χ1) is 10.1.